The van der Waals surface area contributed by atoms with Gasteiger partial charge in [0.25, 0.3) is 0 Å². The number of ether oxygens (including phenoxy) is 1. The van der Waals surface area contributed by atoms with E-state index in [1.165, 1.54) is 3.57 Å². The summed E-state index contributed by atoms with van der Waals surface area (Å²) in [6.07, 6.45) is 0. The smallest absolute Gasteiger partial charge is 0.171 e. The van der Waals surface area contributed by atoms with E-state index in [2.05, 4.69) is 33.2 Å². The molecule has 88 valence electrons. The molecule has 0 saturated heterocycles. The SMILES string of the molecule is COCC(C)NC(=S)Nc1ccc(I)cc1. The number of thiocarbonyl (C=S) groups is 1. The Labute approximate surface area is 115 Å². The molecule has 0 amide bonds. The summed E-state index contributed by atoms with van der Waals surface area (Å²) in [6, 6.07) is 8.26. The number of hydrogen-bond donors (Lipinski definition) is 2. The maximum atomic E-state index is 5.18. The summed E-state index contributed by atoms with van der Waals surface area (Å²) < 4.78 is 6.22. The first-order valence-electron chi connectivity index (χ1n) is 4.94. The number of benzene rings is 1. The normalized spacial score (nSPS) is 11.9. The van der Waals surface area contributed by atoms with Crippen molar-refractivity contribution in [3.8, 4) is 0 Å². The van der Waals surface area contributed by atoms with Crippen molar-refractivity contribution in [3.63, 3.8) is 0 Å². The van der Waals surface area contributed by atoms with Gasteiger partial charge in [-0.3, -0.25) is 0 Å². The lowest BCUT2D eigenvalue weighted by molar-refractivity contribution is 0.179. The largest absolute Gasteiger partial charge is 0.383 e. The van der Waals surface area contributed by atoms with E-state index in [1.807, 2.05) is 31.2 Å². The Hall–Kier alpha value is -0.400. The van der Waals surface area contributed by atoms with Gasteiger partial charge < -0.3 is 15.4 Å². The highest BCUT2D eigenvalue weighted by molar-refractivity contribution is 14.1. The molecule has 0 bridgehead atoms. The molecule has 1 atom stereocenters. The fourth-order valence-corrected chi connectivity index (χ4v) is 1.89. The maximum Gasteiger partial charge on any atom is 0.171 e. The van der Waals surface area contributed by atoms with Crippen LogP contribution in [0.1, 0.15) is 6.92 Å². The Morgan fingerprint density at radius 1 is 1.44 bits per heavy atom. The molecule has 3 nitrogen and oxygen atoms in total. The minimum Gasteiger partial charge on any atom is -0.383 e. The summed E-state index contributed by atoms with van der Waals surface area (Å²) >= 11 is 7.45. The topological polar surface area (TPSA) is 33.3 Å². The second kappa shape index (κ2) is 7.03. The number of nitrogens with one attached hydrogen (secondary N) is 2. The maximum absolute atomic E-state index is 5.18. The van der Waals surface area contributed by atoms with Crippen molar-refractivity contribution in [2.75, 3.05) is 19.0 Å². The van der Waals surface area contributed by atoms with Gasteiger partial charge >= 0.3 is 0 Å². The Kier molecular flexibility index (Phi) is 6.00. The van der Waals surface area contributed by atoms with Crippen molar-refractivity contribution in [1.29, 1.82) is 0 Å². The van der Waals surface area contributed by atoms with Gasteiger partial charge in [0.05, 0.1) is 6.61 Å². The number of hydrogen-bond acceptors (Lipinski definition) is 2. The van der Waals surface area contributed by atoms with Crippen LogP contribution in [-0.4, -0.2) is 24.9 Å². The zero-order chi connectivity index (χ0) is 12.0. The van der Waals surface area contributed by atoms with Gasteiger partial charge in [-0.15, -0.1) is 0 Å². The van der Waals surface area contributed by atoms with Gasteiger partial charge in [0, 0.05) is 22.4 Å². The van der Waals surface area contributed by atoms with Gasteiger partial charge in [0.2, 0.25) is 0 Å². The van der Waals surface area contributed by atoms with Crippen molar-refractivity contribution >= 4 is 45.6 Å². The summed E-state index contributed by atoms with van der Waals surface area (Å²) in [4.78, 5) is 0. The molecule has 0 spiro atoms. The predicted octanol–water partition coefficient (Wildman–Crippen LogP) is 2.61. The average molecular weight is 350 g/mol. The van der Waals surface area contributed by atoms with E-state index in [1.54, 1.807) is 7.11 Å². The van der Waals surface area contributed by atoms with Crippen molar-refractivity contribution in [2.45, 2.75) is 13.0 Å². The molecule has 2 N–H and O–H groups in total. The molecule has 0 heterocycles. The van der Waals surface area contributed by atoms with Gasteiger partial charge in [0.1, 0.15) is 0 Å². The van der Waals surface area contributed by atoms with Crippen molar-refractivity contribution in [3.05, 3.63) is 27.8 Å². The molecular formula is C11H15IN2OS. The molecule has 1 aromatic carbocycles. The third kappa shape index (κ3) is 5.09. The first-order chi connectivity index (χ1) is 7.61. The van der Waals surface area contributed by atoms with Gasteiger partial charge in [-0.25, -0.2) is 0 Å². The first kappa shape index (κ1) is 13.7. The standard InChI is InChI=1S/C11H15IN2OS/c1-8(7-15-2)13-11(16)14-10-5-3-9(12)4-6-10/h3-6,8H,7H2,1-2H3,(H2,13,14,16). The van der Waals surface area contributed by atoms with Gasteiger partial charge in [-0.1, -0.05) is 0 Å². The molecule has 1 aromatic rings. The fraction of sp³-hybridized carbons (Fsp3) is 0.364. The highest BCUT2D eigenvalue weighted by Crippen LogP contribution is 2.10. The average Bonchev–Trinajstić information content (AvgIpc) is 2.21. The van der Waals surface area contributed by atoms with E-state index >= 15 is 0 Å². The van der Waals surface area contributed by atoms with Crippen LogP contribution in [0.2, 0.25) is 0 Å². The molecular weight excluding hydrogens is 335 g/mol. The van der Waals surface area contributed by atoms with Crippen LogP contribution in [-0.2, 0) is 4.74 Å². The Balaban J connectivity index is 2.42. The fourth-order valence-electron chi connectivity index (χ4n) is 1.22. The van der Waals surface area contributed by atoms with Crippen LogP contribution in [0.5, 0.6) is 0 Å². The minimum absolute atomic E-state index is 0.203. The van der Waals surface area contributed by atoms with Crippen LogP contribution >= 0.6 is 34.8 Å². The van der Waals surface area contributed by atoms with Gasteiger partial charge in [-0.2, -0.15) is 0 Å². The molecule has 0 saturated carbocycles. The van der Waals surface area contributed by atoms with Gasteiger partial charge in [-0.05, 0) is 66.0 Å². The molecule has 0 aliphatic rings. The van der Waals surface area contributed by atoms with Crippen LogP contribution in [0.25, 0.3) is 0 Å². The summed E-state index contributed by atoms with van der Waals surface area (Å²) in [7, 11) is 1.67. The summed E-state index contributed by atoms with van der Waals surface area (Å²) in [5.41, 5.74) is 0.988. The molecule has 16 heavy (non-hydrogen) atoms. The van der Waals surface area contributed by atoms with E-state index < -0.39 is 0 Å². The third-order valence-electron chi connectivity index (χ3n) is 1.90. The number of methoxy groups -OCH3 is 1. The van der Waals surface area contributed by atoms with Crippen molar-refractivity contribution < 1.29 is 4.74 Å². The predicted molar refractivity (Wildman–Crippen MR) is 79.9 cm³/mol. The molecule has 0 fully saturated rings. The third-order valence-corrected chi connectivity index (χ3v) is 2.84. The minimum atomic E-state index is 0.203. The van der Waals surface area contributed by atoms with Crippen LogP contribution in [0.3, 0.4) is 0 Å². The van der Waals surface area contributed by atoms with Gasteiger partial charge in [0.15, 0.2) is 5.11 Å². The molecule has 0 aromatic heterocycles. The van der Waals surface area contributed by atoms with E-state index in [0.717, 1.165) is 5.69 Å². The number of halogens is 1. The van der Waals surface area contributed by atoms with E-state index in [9.17, 15) is 0 Å². The molecule has 0 aliphatic heterocycles. The highest BCUT2D eigenvalue weighted by Gasteiger charge is 2.03. The van der Waals surface area contributed by atoms with Crippen molar-refractivity contribution in [1.82, 2.24) is 5.32 Å². The summed E-state index contributed by atoms with van der Waals surface area (Å²) in [5.74, 6) is 0. The molecule has 0 radical (unpaired) electrons. The van der Waals surface area contributed by atoms with Crippen LogP contribution in [0.4, 0.5) is 5.69 Å². The molecule has 1 unspecified atom stereocenters. The van der Waals surface area contributed by atoms with E-state index in [0.29, 0.717) is 11.7 Å². The van der Waals surface area contributed by atoms with E-state index in [-0.39, 0.29) is 6.04 Å². The van der Waals surface area contributed by atoms with E-state index in [4.69, 9.17) is 17.0 Å². The second-order valence-electron chi connectivity index (χ2n) is 3.46. The molecule has 0 aliphatic carbocycles. The lowest BCUT2D eigenvalue weighted by atomic mass is 10.3. The number of rotatable bonds is 4. The van der Waals surface area contributed by atoms with Crippen LogP contribution in [0, 0.1) is 3.57 Å². The van der Waals surface area contributed by atoms with Crippen molar-refractivity contribution in [2.24, 2.45) is 0 Å². The second-order valence-corrected chi connectivity index (χ2v) is 5.12. The zero-order valence-corrected chi connectivity index (χ0v) is 12.3. The quantitative estimate of drug-likeness (QED) is 0.646. The lowest BCUT2D eigenvalue weighted by Crippen LogP contribution is -2.38. The molecule has 1 rings (SSSR count). The van der Waals surface area contributed by atoms with Crippen LogP contribution in [0.15, 0.2) is 24.3 Å². The zero-order valence-electron chi connectivity index (χ0n) is 9.29. The van der Waals surface area contributed by atoms with Crippen LogP contribution < -0.4 is 10.6 Å². The Morgan fingerprint density at radius 3 is 2.62 bits per heavy atom. The Morgan fingerprint density at radius 2 is 2.06 bits per heavy atom. The lowest BCUT2D eigenvalue weighted by Gasteiger charge is -2.16. The Bertz CT molecular complexity index is 342. The first-order valence-corrected chi connectivity index (χ1v) is 6.42. The summed E-state index contributed by atoms with van der Waals surface area (Å²) in [6.45, 7) is 2.65. The summed E-state index contributed by atoms with van der Waals surface area (Å²) in [5, 5.41) is 6.87. The highest BCUT2D eigenvalue weighted by atomic mass is 127. The monoisotopic (exact) mass is 350 g/mol. The molecule has 5 heteroatoms. The number of anilines is 1.